The van der Waals surface area contributed by atoms with Crippen LogP contribution in [0.4, 0.5) is 10.2 Å². The van der Waals surface area contributed by atoms with E-state index in [-0.39, 0.29) is 5.76 Å². The Morgan fingerprint density at radius 1 is 1.13 bits per heavy atom. The fourth-order valence-corrected chi connectivity index (χ4v) is 3.52. The smallest absolute Gasteiger partial charge is 0.292 e. The average molecular weight is 441 g/mol. The van der Waals surface area contributed by atoms with Crippen molar-refractivity contribution in [2.45, 2.75) is 26.2 Å². The molecule has 2 N–H and O–H groups in total. The van der Waals surface area contributed by atoms with E-state index in [0.717, 1.165) is 12.0 Å². The molecule has 1 aliphatic carbocycles. The SMILES string of the molecule is Cc1c(C(=O)Nc2ccc(Cl)cn2)oc2c1/C(=N/NC(=O)c1ccc(F)cc1)CCC2. The minimum absolute atomic E-state index is 0.168. The molecule has 2 heterocycles. The van der Waals surface area contributed by atoms with Crippen molar-refractivity contribution in [3.8, 4) is 0 Å². The number of carbonyl (C=O) groups excluding carboxylic acids is 2. The standard InChI is InChI=1S/C22H18ClFN4O3/c1-12-19-16(27-28-21(29)13-5-8-15(24)9-6-13)3-2-4-17(19)31-20(12)22(30)26-18-10-7-14(23)11-25-18/h5-11H,2-4H2,1H3,(H,28,29)(H,25,26,30)/b27-16+. The summed E-state index contributed by atoms with van der Waals surface area (Å²) in [7, 11) is 0. The minimum atomic E-state index is -0.451. The molecule has 0 aliphatic heterocycles. The lowest BCUT2D eigenvalue weighted by atomic mass is 9.93. The monoisotopic (exact) mass is 440 g/mol. The van der Waals surface area contributed by atoms with E-state index in [1.807, 2.05) is 0 Å². The van der Waals surface area contributed by atoms with Crippen LogP contribution in [0, 0.1) is 12.7 Å². The van der Waals surface area contributed by atoms with Gasteiger partial charge in [-0.25, -0.2) is 14.8 Å². The predicted molar refractivity (Wildman–Crippen MR) is 114 cm³/mol. The molecule has 158 valence electrons. The van der Waals surface area contributed by atoms with E-state index >= 15 is 0 Å². The van der Waals surface area contributed by atoms with Crippen LogP contribution in [0.3, 0.4) is 0 Å². The number of benzene rings is 1. The van der Waals surface area contributed by atoms with E-state index in [2.05, 4.69) is 20.8 Å². The van der Waals surface area contributed by atoms with Gasteiger partial charge in [0.25, 0.3) is 11.8 Å². The number of aryl methyl sites for hydroxylation is 1. The summed E-state index contributed by atoms with van der Waals surface area (Å²) in [6.07, 6.45) is 3.49. The zero-order chi connectivity index (χ0) is 22.0. The maximum absolute atomic E-state index is 13.0. The number of hydrogen-bond acceptors (Lipinski definition) is 5. The van der Waals surface area contributed by atoms with Gasteiger partial charge in [-0.3, -0.25) is 9.59 Å². The predicted octanol–water partition coefficient (Wildman–Crippen LogP) is 4.50. The minimum Gasteiger partial charge on any atom is -0.455 e. The summed E-state index contributed by atoms with van der Waals surface area (Å²) in [4.78, 5) is 29.0. The molecular formula is C22H18ClFN4O3. The van der Waals surface area contributed by atoms with Gasteiger partial charge >= 0.3 is 0 Å². The molecule has 0 atom stereocenters. The highest BCUT2D eigenvalue weighted by molar-refractivity contribution is 6.30. The van der Waals surface area contributed by atoms with Crippen LogP contribution in [-0.4, -0.2) is 22.5 Å². The summed E-state index contributed by atoms with van der Waals surface area (Å²) in [6, 6.07) is 8.40. The van der Waals surface area contributed by atoms with Crippen LogP contribution in [0.15, 0.2) is 52.1 Å². The van der Waals surface area contributed by atoms with E-state index in [4.69, 9.17) is 16.0 Å². The summed E-state index contributed by atoms with van der Waals surface area (Å²) in [5.74, 6) is -0.144. The number of pyridine rings is 1. The Morgan fingerprint density at radius 2 is 1.90 bits per heavy atom. The van der Waals surface area contributed by atoms with E-state index < -0.39 is 17.6 Å². The Labute approximate surface area is 182 Å². The van der Waals surface area contributed by atoms with Crippen LogP contribution in [-0.2, 0) is 6.42 Å². The van der Waals surface area contributed by atoms with Gasteiger partial charge in [-0.1, -0.05) is 11.6 Å². The second-order valence-corrected chi connectivity index (χ2v) is 7.47. The van der Waals surface area contributed by atoms with Gasteiger partial charge in [0, 0.05) is 29.3 Å². The summed E-state index contributed by atoms with van der Waals surface area (Å²) in [6.45, 7) is 1.77. The van der Waals surface area contributed by atoms with Crippen molar-refractivity contribution >= 4 is 34.9 Å². The highest BCUT2D eigenvalue weighted by Gasteiger charge is 2.28. The Morgan fingerprint density at radius 3 is 2.61 bits per heavy atom. The molecule has 4 rings (SSSR count). The summed E-state index contributed by atoms with van der Waals surface area (Å²) >= 11 is 5.82. The molecule has 0 spiro atoms. The molecule has 7 nitrogen and oxygen atoms in total. The van der Waals surface area contributed by atoms with Crippen LogP contribution >= 0.6 is 11.6 Å². The van der Waals surface area contributed by atoms with Crippen molar-refractivity contribution < 1.29 is 18.4 Å². The highest BCUT2D eigenvalue weighted by atomic mass is 35.5. The first-order chi connectivity index (χ1) is 14.9. The third-order valence-electron chi connectivity index (χ3n) is 4.90. The normalized spacial score (nSPS) is 14.2. The molecule has 1 aromatic carbocycles. The zero-order valence-corrected chi connectivity index (χ0v) is 17.3. The second-order valence-electron chi connectivity index (χ2n) is 7.03. The lowest BCUT2D eigenvalue weighted by molar-refractivity contribution is 0.0953. The van der Waals surface area contributed by atoms with Crippen molar-refractivity contribution in [1.82, 2.24) is 10.4 Å². The third-order valence-corrected chi connectivity index (χ3v) is 5.12. The highest BCUT2D eigenvalue weighted by Crippen LogP contribution is 2.30. The fraction of sp³-hybridized carbons (Fsp3) is 0.182. The molecule has 2 amide bonds. The van der Waals surface area contributed by atoms with Crippen LogP contribution in [0.2, 0.25) is 5.02 Å². The van der Waals surface area contributed by atoms with Gasteiger partial charge in [-0.05, 0) is 56.2 Å². The first-order valence-corrected chi connectivity index (χ1v) is 9.98. The molecule has 3 aromatic rings. The number of nitrogens with one attached hydrogen (secondary N) is 2. The number of rotatable bonds is 4. The average Bonchev–Trinajstić information content (AvgIpc) is 3.11. The Hall–Kier alpha value is -3.52. The van der Waals surface area contributed by atoms with Gasteiger partial charge in [-0.15, -0.1) is 0 Å². The van der Waals surface area contributed by atoms with Crippen molar-refractivity contribution in [3.63, 3.8) is 0 Å². The molecule has 0 bridgehead atoms. The fourth-order valence-electron chi connectivity index (χ4n) is 3.40. The number of hydrazone groups is 1. The van der Waals surface area contributed by atoms with Crippen LogP contribution < -0.4 is 10.7 Å². The number of aromatic nitrogens is 1. The summed E-state index contributed by atoms with van der Waals surface area (Å²) in [5, 5.41) is 7.40. The molecule has 0 unspecified atom stereocenters. The maximum atomic E-state index is 13.0. The van der Waals surface area contributed by atoms with Gasteiger partial charge in [0.1, 0.15) is 17.4 Å². The van der Waals surface area contributed by atoms with Gasteiger partial charge in [0.2, 0.25) is 0 Å². The van der Waals surface area contributed by atoms with Crippen molar-refractivity contribution in [1.29, 1.82) is 0 Å². The lowest BCUT2D eigenvalue weighted by Gasteiger charge is -2.13. The zero-order valence-electron chi connectivity index (χ0n) is 16.5. The molecule has 2 aromatic heterocycles. The van der Waals surface area contributed by atoms with E-state index in [1.165, 1.54) is 30.5 Å². The number of anilines is 1. The number of carbonyl (C=O) groups is 2. The molecule has 0 saturated heterocycles. The largest absolute Gasteiger partial charge is 0.455 e. The van der Waals surface area contributed by atoms with E-state index in [0.29, 0.717) is 46.3 Å². The van der Waals surface area contributed by atoms with Crippen LogP contribution in [0.1, 0.15) is 50.6 Å². The second kappa shape index (κ2) is 8.69. The van der Waals surface area contributed by atoms with Crippen molar-refractivity contribution in [2.75, 3.05) is 5.32 Å². The first kappa shape index (κ1) is 20.7. The Kier molecular flexibility index (Phi) is 5.81. The van der Waals surface area contributed by atoms with E-state index in [9.17, 15) is 14.0 Å². The lowest BCUT2D eigenvalue weighted by Crippen LogP contribution is -2.22. The molecule has 9 heteroatoms. The summed E-state index contributed by atoms with van der Waals surface area (Å²) < 4.78 is 18.9. The number of hydrogen-bond donors (Lipinski definition) is 2. The molecule has 31 heavy (non-hydrogen) atoms. The molecule has 0 radical (unpaired) electrons. The Balaban J connectivity index is 1.55. The summed E-state index contributed by atoms with van der Waals surface area (Å²) in [5.41, 5.74) is 4.78. The number of nitrogens with zero attached hydrogens (tertiary/aromatic N) is 2. The van der Waals surface area contributed by atoms with Crippen molar-refractivity contribution in [2.24, 2.45) is 5.10 Å². The van der Waals surface area contributed by atoms with Crippen molar-refractivity contribution in [3.05, 3.63) is 81.6 Å². The van der Waals surface area contributed by atoms with Gasteiger partial charge in [0.05, 0.1) is 10.7 Å². The molecule has 0 saturated carbocycles. The topological polar surface area (TPSA) is 96.6 Å². The van der Waals surface area contributed by atoms with Crippen LogP contribution in [0.25, 0.3) is 0 Å². The number of furan rings is 1. The van der Waals surface area contributed by atoms with Gasteiger partial charge in [-0.2, -0.15) is 5.10 Å². The van der Waals surface area contributed by atoms with Gasteiger partial charge in [0.15, 0.2) is 5.76 Å². The third kappa shape index (κ3) is 4.49. The van der Waals surface area contributed by atoms with Gasteiger partial charge < -0.3 is 9.73 Å². The number of amides is 2. The maximum Gasteiger partial charge on any atom is 0.292 e. The number of fused-ring (bicyclic) bond motifs is 1. The first-order valence-electron chi connectivity index (χ1n) is 9.60. The van der Waals surface area contributed by atoms with Crippen LogP contribution in [0.5, 0.6) is 0 Å². The number of halogens is 2. The Bertz CT molecular complexity index is 1170. The van der Waals surface area contributed by atoms with E-state index in [1.54, 1.807) is 19.1 Å². The molecule has 0 fully saturated rings. The quantitative estimate of drug-likeness (QED) is 0.584. The molecule has 1 aliphatic rings. The molecular weight excluding hydrogens is 423 g/mol.